The molecule has 1 amide bonds. The highest BCUT2D eigenvalue weighted by molar-refractivity contribution is 7.99. The van der Waals surface area contributed by atoms with Crippen LogP contribution in [0.2, 0.25) is 0 Å². The molecule has 0 N–H and O–H groups in total. The van der Waals surface area contributed by atoms with Crippen molar-refractivity contribution in [3.8, 4) is 0 Å². The summed E-state index contributed by atoms with van der Waals surface area (Å²) in [4.78, 5) is 29.0. The summed E-state index contributed by atoms with van der Waals surface area (Å²) < 4.78 is 1.28. The van der Waals surface area contributed by atoms with Gasteiger partial charge in [0, 0.05) is 46.4 Å². The Morgan fingerprint density at radius 1 is 1.16 bits per heavy atom. The highest BCUT2D eigenvalue weighted by Gasteiger charge is 2.52. The van der Waals surface area contributed by atoms with E-state index < -0.39 is 0 Å². The van der Waals surface area contributed by atoms with E-state index in [1.165, 1.54) is 27.8 Å². The lowest BCUT2D eigenvalue weighted by Gasteiger charge is -2.57. The second-order valence-corrected chi connectivity index (χ2v) is 14.6. The molecule has 5 nitrogen and oxygen atoms in total. The molecule has 0 unspecified atom stereocenters. The van der Waals surface area contributed by atoms with Crippen molar-refractivity contribution in [2.45, 2.75) is 70.0 Å². The van der Waals surface area contributed by atoms with E-state index in [4.69, 9.17) is 0 Å². The second kappa shape index (κ2) is 10.1. The highest BCUT2D eigenvalue weighted by atomic mass is 32.2. The molecule has 1 aromatic carbocycles. The van der Waals surface area contributed by atoms with Gasteiger partial charge >= 0.3 is 0 Å². The third-order valence-electron chi connectivity index (χ3n) is 9.10. The van der Waals surface area contributed by atoms with Crippen LogP contribution in [0.25, 0.3) is 10.1 Å². The summed E-state index contributed by atoms with van der Waals surface area (Å²) in [5.74, 6) is 1.71. The Morgan fingerprint density at radius 3 is 2.63 bits per heavy atom. The van der Waals surface area contributed by atoms with Crippen molar-refractivity contribution in [2.24, 2.45) is 17.3 Å². The summed E-state index contributed by atoms with van der Waals surface area (Å²) >= 11 is 3.53. The van der Waals surface area contributed by atoms with Crippen LogP contribution in [0.4, 0.5) is 0 Å². The largest absolute Gasteiger partial charge is 0.339 e. The molecule has 0 spiro atoms. The van der Waals surface area contributed by atoms with E-state index in [9.17, 15) is 4.79 Å². The number of aromatic nitrogens is 2. The van der Waals surface area contributed by atoms with Gasteiger partial charge in [0.15, 0.2) is 5.16 Å². The second-order valence-electron chi connectivity index (χ2n) is 12.1. The Hall–Kier alpha value is -2.22. The fourth-order valence-corrected chi connectivity index (χ4v) is 9.20. The number of benzene rings is 1. The number of carbonyl (C=O) groups excluding carboxylic acids is 1. The van der Waals surface area contributed by atoms with Crippen LogP contribution in [0, 0.1) is 31.1 Å². The maximum absolute atomic E-state index is 14.0. The zero-order chi connectivity index (χ0) is 26.6. The molecule has 3 heterocycles. The quantitative estimate of drug-likeness (QED) is 0.250. The summed E-state index contributed by atoms with van der Waals surface area (Å²) in [5.41, 5.74) is 3.94. The third-order valence-corrected chi connectivity index (χ3v) is 11.3. The first-order valence-corrected chi connectivity index (χ1v) is 15.5. The maximum Gasteiger partial charge on any atom is 0.240 e. The van der Waals surface area contributed by atoms with Crippen molar-refractivity contribution < 1.29 is 4.79 Å². The Kier molecular flexibility index (Phi) is 6.90. The lowest BCUT2D eigenvalue weighted by Crippen LogP contribution is -2.51. The van der Waals surface area contributed by atoms with E-state index in [1.54, 1.807) is 28.7 Å². The number of rotatable bonds is 7. The standard InChI is InChI=1S/C31H38N4OS2/c1-19-12-20(2)33-30(32-19)38-25-15-27(35(18-25)16-22-10-11-23-14-26(22)31(23,3)4)29(36)34(5)17-24-13-21-8-6-7-9-28(21)37-24/h6-10,12-13,23,25-27H,11,14-18H2,1-5H3/t23-,25-,26-,27-/m0/s1. The number of amides is 1. The van der Waals surface area contributed by atoms with Crippen molar-refractivity contribution in [2.75, 3.05) is 20.1 Å². The summed E-state index contributed by atoms with van der Waals surface area (Å²) in [6.07, 6.45) is 5.82. The van der Waals surface area contributed by atoms with Crippen molar-refractivity contribution in [3.63, 3.8) is 0 Å². The van der Waals surface area contributed by atoms with E-state index in [0.717, 1.165) is 42.0 Å². The number of likely N-dealkylation sites (tertiary alicyclic amines) is 1. The molecule has 4 atom stereocenters. The molecule has 0 radical (unpaired) electrons. The van der Waals surface area contributed by atoms with Crippen LogP contribution in [-0.4, -0.2) is 57.1 Å². The Bertz CT molecular complexity index is 1340. The normalized spacial score (nSPS) is 26.3. The highest BCUT2D eigenvalue weighted by Crippen LogP contribution is 2.59. The Balaban J connectivity index is 1.21. The minimum atomic E-state index is -0.111. The first-order chi connectivity index (χ1) is 18.2. The molecule has 200 valence electrons. The van der Waals surface area contributed by atoms with Gasteiger partial charge in [0.05, 0.1) is 12.6 Å². The fourth-order valence-electron chi connectivity index (χ4n) is 6.85. The maximum atomic E-state index is 14.0. The number of aryl methyl sites for hydroxylation is 2. The van der Waals surface area contributed by atoms with Gasteiger partial charge in [0.1, 0.15) is 0 Å². The molecule has 1 aliphatic heterocycles. The number of hydrogen-bond donors (Lipinski definition) is 0. The smallest absolute Gasteiger partial charge is 0.240 e. The van der Waals surface area contributed by atoms with Crippen LogP contribution in [0.1, 0.15) is 49.4 Å². The zero-order valence-corrected chi connectivity index (χ0v) is 24.7. The van der Waals surface area contributed by atoms with E-state index in [-0.39, 0.29) is 11.9 Å². The summed E-state index contributed by atoms with van der Waals surface area (Å²) in [7, 11) is 1.97. The van der Waals surface area contributed by atoms with Gasteiger partial charge in [-0.15, -0.1) is 11.3 Å². The van der Waals surface area contributed by atoms with Gasteiger partial charge in [-0.25, -0.2) is 9.97 Å². The molecule has 2 bridgehead atoms. The predicted octanol–water partition coefficient (Wildman–Crippen LogP) is 6.49. The molecular weight excluding hydrogens is 509 g/mol. The van der Waals surface area contributed by atoms with Crippen molar-refractivity contribution >= 4 is 39.1 Å². The van der Waals surface area contributed by atoms with Gasteiger partial charge in [-0.2, -0.15) is 0 Å². The lowest BCUT2D eigenvalue weighted by molar-refractivity contribution is -0.135. The van der Waals surface area contributed by atoms with E-state index in [2.05, 4.69) is 65.1 Å². The molecule has 3 aromatic rings. The van der Waals surface area contributed by atoms with Crippen LogP contribution in [-0.2, 0) is 11.3 Å². The predicted molar refractivity (Wildman–Crippen MR) is 158 cm³/mol. The Labute approximate surface area is 234 Å². The average molecular weight is 547 g/mol. The van der Waals surface area contributed by atoms with Gasteiger partial charge in [-0.3, -0.25) is 9.69 Å². The minimum absolute atomic E-state index is 0.111. The molecule has 38 heavy (non-hydrogen) atoms. The molecule has 7 rings (SSSR count). The van der Waals surface area contributed by atoms with Gasteiger partial charge in [0.25, 0.3) is 0 Å². The summed E-state index contributed by atoms with van der Waals surface area (Å²) in [5, 5.41) is 2.39. The topological polar surface area (TPSA) is 49.3 Å². The van der Waals surface area contributed by atoms with Crippen LogP contribution >= 0.6 is 23.1 Å². The van der Waals surface area contributed by atoms with Crippen molar-refractivity contribution in [1.82, 2.24) is 19.8 Å². The number of thiophene rings is 1. The number of fused-ring (bicyclic) bond motifs is 2. The first kappa shape index (κ1) is 26.0. The minimum Gasteiger partial charge on any atom is -0.339 e. The lowest BCUT2D eigenvalue weighted by atomic mass is 9.49. The zero-order valence-electron chi connectivity index (χ0n) is 23.1. The van der Waals surface area contributed by atoms with Gasteiger partial charge < -0.3 is 4.90 Å². The summed E-state index contributed by atoms with van der Waals surface area (Å²) in [6, 6.07) is 12.6. The third kappa shape index (κ3) is 4.93. The average Bonchev–Trinajstić information content (AvgIpc) is 3.45. The molecule has 2 aromatic heterocycles. The number of hydrogen-bond acceptors (Lipinski definition) is 6. The van der Waals surface area contributed by atoms with Gasteiger partial charge in [-0.1, -0.05) is 55.5 Å². The van der Waals surface area contributed by atoms with Gasteiger partial charge in [-0.05, 0) is 73.9 Å². The van der Waals surface area contributed by atoms with Crippen molar-refractivity contribution in [3.05, 3.63) is 64.3 Å². The van der Waals surface area contributed by atoms with Crippen LogP contribution in [0.3, 0.4) is 0 Å². The monoisotopic (exact) mass is 546 g/mol. The number of thioether (sulfide) groups is 1. The van der Waals surface area contributed by atoms with E-state index >= 15 is 0 Å². The number of likely N-dealkylation sites (N-methyl/N-ethyl adjacent to an activating group) is 1. The van der Waals surface area contributed by atoms with Crippen LogP contribution in [0.5, 0.6) is 0 Å². The number of allylic oxidation sites excluding steroid dienone is 1. The van der Waals surface area contributed by atoms with Gasteiger partial charge in [0.2, 0.25) is 5.91 Å². The molecule has 2 fully saturated rings. The first-order valence-electron chi connectivity index (χ1n) is 13.8. The molecule has 4 aliphatic rings. The van der Waals surface area contributed by atoms with Crippen LogP contribution in [0.15, 0.2) is 53.2 Å². The van der Waals surface area contributed by atoms with E-state index in [0.29, 0.717) is 23.1 Å². The SMILES string of the molecule is Cc1cc(C)nc(S[C@H]2C[C@@H](C(=O)N(C)Cc3cc4ccccc4s3)N(CC3=CC[C@H]4C[C@@H]3C4(C)C)C2)n1. The molecule has 1 saturated heterocycles. The molecular formula is C31H38N4OS2. The molecule has 7 heteroatoms. The fraction of sp³-hybridized carbons (Fsp3) is 0.516. The molecule has 3 aliphatic carbocycles. The number of carbonyl (C=O) groups is 1. The van der Waals surface area contributed by atoms with Crippen LogP contribution < -0.4 is 0 Å². The summed E-state index contributed by atoms with van der Waals surface area (Å²) in [6.45, 7) is 11.4. The molecule has 1 saturated carbocycles. The Morgan fingerprint density at radius 2 is 1.92 bits per heavy atom. The number of nitrogens with zero attached hydrogens (tertiary/aromatic N) is 4. The van der Waals surface area contributed by atoms with E-state index in [1.807, 2.05) is 31.9 Å². The van der Waals surface area contributed by atoms with Crippen molar-refractivity contribution in [1.29, 1.82) is 0 Å².